The van der Waals surface area contributed by atoms with Gasteiger partial charge in [-0.25, -0.2) is 4.98 Å². The average molecular weight is 412 g/mol. The predicted molar refractivity (Wildman–Crippen MR) is 101 cm³/mol. The summed E-state index contributed by atoms with van der Waals surface area (Å²) in [4.78, 5) is 30.6. The molecule has 1 aliphatic rings. The van der Waals surface area contributed by atoms with Crippen molar-refractivity contribution in [2.24, 2.45) is 5.92 Å². The molecule has 27 heavy (non-hydrogen) atoms. The molecule has 0 aromatic carbocycles. The number of methoxy groups -OCH3 is 1. The molecule has 0 bridgehead atoms. The fourth-order valence-corrected chi connectivity index (χ4v) is 3.37. The molecule has 3 heterocycles. The van der Waals surface area contributed by atoms with Crippen molar-refractivity contribution in [1.29, 1.82) is 0 Å². The summed E-state index contributed by atoms with van der Waals surface area (Å²) >= 11 is 12.1. The predicted octanol–water partition coefficient (Wildman–Crippen LogP) is 2.32. The van der Waals surface area contributed by atoms with Crippen LogP contribution in [0.4, 0.5) is 5.82 Å². The Morgan fingerprint density at radius 2 is 2.19 bits per heavy atom. The molecule has 2 amide bonds. The van der Waals surface area contributed by atoms with Crippen molar-refractivity contribution in [2.45, 2.75) is 13.3 Å². The third kappa shape index (κ3) is 4.40. The molecule has 0 saturated carbocycles. The molecule has 2 aromatic rings. The minimum Gasteiger partial charge on any atom is -0.383 e. The maximum atomic E-state index is 12.7. The van der Waals surface area contributed by atoms with E-state index in [4.69, 9.17) is 27.9 Å². The van der Waals surface area contributed by atoms with E-state index in [1.54, 1.807) is 31.1 Å². The van der Waals surface area contributed by atoms with E-state index in [9.17, 15) is 9.59 Å². The van der Waals surface area contributed by atoms with Gasteiger partial charge in [0.1, 0.15) is 5.82 Å². The number of nitrogens with zero attached hydrogens (tertiary/aromatic N) is 4. The Morgan fingerprint density at radius 3 is 2.89 bits per heavy atom. The van der Waals surface area contributed by atoms with E-state index in [1.807, 2.05) is 0 Å². The minimum atomic E-state index is -0.438. The van der Waals surface area contributed by atoms with Crippen LogP contribution in [0.2, 0.25) is 10.0 Å². The Bertz CT molecular complexity index is 870. The van der Waals surface area contributed by atoms with Crippen LogP contribution in [0.5, 0.6) is 0 Å². The van der Waals surface area contributed by atoms with Crippen molar-refractivity contribution in [3.8, 4) is 5.82 Å². The summed E-state index contributed by atoms with van der Waals surface area (Å²) in [6.07, 6.45) is 1.62. The standard InChI is InChI=1S/C17H19Cl2N5O3/c1-10-5-14(24(22-10)16-13(19)7-12(18)8-20-16)21-17(26)11-6-15(25)23(9-11)3-4-27-2/h5,7-8,11H,3-4,6,9H2,1-2H3,(H,21,26). The lowest BCUT2D eigenvalue weighted by atomic mass is 10.1. The van der Waals surface area contributed by atoms with Gasteiger partial charge in [-0.15, -0.1) is 0 Å². The summed E-state index contributed by atoms with van der Waals surface area (Å²) in [7, 11) is 1.57. The Kier molecular flexibility index (Phi) is 5.98. The van der Waals surface area contributed by atoms with Crippen LogP contribution < -0.4 is 5.32 Å². The highest BCUT2D eigenvalue weighted by atomic mass is 35.5. The Balaban J connectivity index is 1.77. The van der Waals surface area contributed by atoms with Gasteiger partial charge in [0.15, 0.2) is 5.82 Å². The van der Waals surface area contributed by atoms with E-state index >= 15 is 0 Å². The zero-order valence-corrected chi connectivity index (χ0v) is 16.4. The van der Waals surface area contributed by atoms with Crippen molar-refractivity contribution in [3.05, 3.63) is 34.1 Å². The normalized spacial score (nSPS) is 16.8. The van der Waals surface area contributed by atoms with Crippen LogP contribution in [0.1, 0.15) is 12.1 Å². The molecule has 0 spiro atoms. The van der Waals surface area contributed by atoms with Gasteiger partial charge in [0.25, 0.3) is 0 Å². The van der Waals surface area contributed by atoms with E-state index < -0.39 is 5.92 Å². The SMILES string of the molecule is COCCN1CC(C(=O)Nc2cc(C)nn2-c2ncc(Cl)cc2Cl)CC1=O. The van der Waals surface area contributed by atoms with Gasteiger partial charge in [-0.05, 0) is 13.0 Å². The summed E-state index contributed by atoms with van der Waals surface area (Å²) < 4.78 is 6.45. The highest BCUT2D eigenvalue weighted by molar-refractivity contribution is 6.35. The molecule has 1 atom stereocenters. The summed E-state index contributed by atoms with van der Waals surface area (Å²) in [5.74, 6) is 0.0335. The number of carbonyl (C=O) groups excluding carboxylic acids is 2. The zero-order valence-electron chi connectivity index (χ0n) is 14.9. The van der Waals surface area contributed by atoms with Gasteiger partial charge in [-0.1, -0.05) is 23.2 Å². The number of pyridine rings is 1. The first-order valence-corrected chi connectivity index (χ1v) is 9.10. The van der Waals surface area contributed by atoms with Gasteiger partial charge in [0.05, 0.1) is 28.3 Å². The van der Waals surface area contributed by atoms with Crippen LogP contribution in [-0.2, 0) is 14.3 Å². The van der Waals surface area contributed by atoms with Crippen LogP contribution in [0.3, 0.4) is 0 Å². The molecular weight excluding hydrogens is 393 g/mol. The number of hydrogen-bond acceptors (Lipinski definition) is 5. The van der Waals surface area contributed by atoms with E-state index in [0.717, 1.165) is 0 Å². The van der Waals surface area contributed by atoms with Gasteiger partial charge >= 0.3 is 0 Å². The lowest BCUT2D eigenvalue weighted by Crippen LogP contribution is -2.31. The number of likely N-dealkylation sites (tertiary alicyclic amines) is 1. The molecule has 0 aliphatic carbocycles. The highest BCUT2D eigenvalue weighted by Gasteiger charge is 2.34. The molecule has 1 saturated heterocycles. The lowest BCUT2D eigenvalue weighted by molar-refractivity contribution is -0.128. The molecule has 10 heteroatoms. The first-order chi connectivity index (χ1) is 12.9. The van der Waals surface area contributed by atoms with Gasteiger partial charge in [0, 0.05) is 38.9 Å². The molecule has 0 radical (unpaired) electrons. The van der Waals surface area contributed by atoms with E-state index in [2.05, 4.69) is 15.4 Å². The third-order valence-electron chi connectivity index (χ3n) is 4.22. The Hall–Kier alpha value is -2.16. The van der Waals surface area contributed by atoms with Crippen molar-refractivity contribution >= 4 is 40.8 Å². The monoisotopic (exact) mass is 411 g/mol. The molecule has 144 valence electrons. The molecule has 2 aromatic heterocycles. The summed E-state index contributed by atoms with van der Waals surface area (Å²) in [5.41, 5.74) is 0.683. The maximum Gasteiger partial charge on any atom is 0.230 e. The van der Waals surface area contributed by atoms with Crippen molar-refractivity contribution in [1.82, 2.24) is 19.7 Å². The summed E-state index contributed by atoms with van der Waals surface area (Å²) in [6.45, 7) is 3.07. The number of anilines is 1. The van der Waals surface area contributed by atoms with Crippen LogP contribution in [0.15, 0.2) is 18.3 Å². The van der Waals surface area contributed by atoms with Crippen molar-refractivity contribution in [3.63, 3.8) is 0 Å². The van der Waals surface area contributed by atoms with Crippen LogP contribution in [0, 0.1) is 12.8 Å². The van der Waals surface area contributed by atoms with Crippen LogP contribution >= 0.6 is 23.2 Å². The first-order valence-electron chi connectivity index (χ1n) is 8.34. The largest absolute Gasteiger partial charge is 0.383 e. The zero-order chi connectivity index (χ0) is 19.6. The van der Waals surface area contributed by atoms with E-state index in [-0.39, 0.29) is 18.2 Å². The number of hydrogen-bond donors (Lipinski definition) is 1. The number of aryl methyl sites for hydroxylation is 1. The second kappa shape index (κ2) is 8.24. The summed E-state index contributed by atoms with van der Waals surface area (Å²) in [5, 5.41) is 7.88. The Labute approximate surface area is 166 Å². The number of aromatic nitrogens is 3. The van der Waals surface area contributed by atoms with Gasteiger partial charge < -0.3 is 15.0 Å². The topological polar surface area (TPSA) is 89.3 Å². The van der Waals surface area contributed by atoms with Crippen LogP contribution in [-0.4, -0.2) is 58.3 Å². The van der Waals surface area contributed by atoms with Crippen LogP contribution in [0.25, 0.3) is 5.82 Å². The molecule has 3 rings (SSSR count). The van der Waals surface area contributed by atoms with Crippen molar-refractivity contribution in [2.75, 3.05) is 32.1 Å². The highest BCUT2D eigenvalue weighted by Crippen LogP contribution is 2.26. The third-order valence-corrected chi connectivity index (χ3v) is 4.71. The molecule has 8 nitrogen and oxygen atoms in total. The lowest BCUT2D eigenvalue weighted by Gasteiger charge is -2.16. The second-order valence-electron chi connectivity index (χ2n) is 6.26. The van der Waals surface area contributed by atoms with Gasteiger partial charge in [-0.3, -0.25) is 9.59 Å². The van der Waals surface area contributed by atoms with Gasteiger partial charge in [-0.2, -0.15) is 9.78 Å². The second-order valence-corrected chi connectivity index (χ2v) is 7.11. The maximum absolute atomic E-state index is 12.7. The number of amides is 2. The molecule has 1 aliphatic heterocycles. The smallest absolute Gasteiger partial charge is 0.230 e. The average Bonchev–Trinajstić information content (AvgIpc) is 3.15. The fraction of sp³-hybridized carbons (Fsp3) is 0.412. The first kappa shape index (κ1) is 19.6. The summed E-state index contributed by atoms with van der Waals surface area (Å²) in [6, 6.07) is 3.27. The van der Waals surface area contributed by atoms with E-state index in [1.165, 1.54) is 10.9 Å². The molecule has 1 unspecified atom stereocenters. The number of rotatable bonds is 6. The van der Waals surface area contributed by atoms with Crippen molar-refractivity contribution < 1.29 is 14.3 Å². The number of ether oxygens (including phenoxy) is 1. The Morgan fingerprint density at radius 1 is 1.41 bits per heavy atom. The van der Waals surface area contributed by atoms with Gasteiger partial charge in [0.2, 0.25) is 11.8 Å². The fourth-order valence-electron chi connectivity index (χ4n) is 2.91. The number of halogens is 2. The molecule has 1 N–H and O–H groups in total. The quantitative estimate of drug-likeness (QED) is 0.787. The molecule has 1 fully saturated rings. The number of nitrogens with one attached hydrogen (secondary N) is 1. The van der Waals surface area contributed by atoms with E-state index in [0.29, 0.717) is 47.1 Å². The number of carbonyl (C=O) groups is 2. The molecular formula is C17H19Cl2N5O3. The minimum absolute atomic E-state index is 0.0562.